The van der Waals surface area contributed by atoms with E-state index in [4.69, 9.17) is 0 Å². The van der Waals surface area contributed by atoms with Crippen LogP contribution < -0.4 is 5.11 Å². The van der Waals surface area contributed by atoms with Crippen LogP contribution in [0, 0.1) is 0 Å². The van der Waals surface area contributed by atoms with Crippen LogP contribution in [-0.2, 0) is 4.79 Å². The first-order valence-corrected chi connectivity index (χ1v) is 10.7. The Morgan fingerprint density at radius 1 is 0.920 bits per heavy atom. The van der Waals surface area contributed by atoms with Crippen molar-refractivity contribution in [2.24, 2.45) is 4.99 Å². The molecule has 1 heterocycles. The molecule has 0 aromatic heterocycles. The van der Waals surface area contributed by atoms with Crippen molar-refractivity contribution >= 4 is 11.8 Å². The molecule has 0 saturated heterocycles. The van der Waals surface area contributed by atoms with Gasteiger partial charge in [-0.3, -0.25) is 4.48 Å². The summed E-state index contributed by atoms with van der Waals surface area (Å²) in [5.41, 5.74) is 0. The van der Waals surface area contributed by atoms with Crippen LogP contribution in [0.25, 0.3) is 0 Å². The van der Waals surface area contributed by atoms with Gasteiger partial charge in [0.05, 0.1) is 19.1 Å². The highest BCUT2D eigenvalue weighted by Gasteiger charge is 2.37. The third-order valence-corrected chi connectivity index (χ3v) is 5.50. The van der Waals surface area contributed by atoms with Crippen LogP contribution in [0.2, 0.25) is 0 Å². The summed E-state index contributed by atoms with van der Waals surface area (Å²) in [6.45, 7) is 7.06. The summed E-state index contributed by atoms with van der Waals surface area (Å²) in [4.78, 5) is 15.9. The lowest BCUT2D eigenvalue weighted by Gasteiger charge is -2.35. The van der Waals surface area contributed by atoms with Gasteiger partial charge in [-0.15, -0.1) is 0 Å². The normalized spacial score (nSPS) is 20.0. The average molecular weight is 353 g/mol. The van der Waals surface area contributed by atoms with Gasteiger partial charge in [0.1, 0.15) is 13.1 Å². The molecule has 0 fully saturated rings. The Balaban J connectivity index is 2.22. The molecule has 146 valence electrons. The van der Waals surface area contributed by atoms with Crippen molar-refractivity contribution in [2.45, 2.75) is 97.3 Å². The molecule has 0 bridgehead atoms. The maximum absolute atomic E-state index is 11.2. The van der Waals surface area contributed by atoms with E-state index in [0.717, 1.165) is 51.2 Å². The first kappa shape index (κ1) is 22.1. The zero-order valence-electron chi connectivity index (χ0n) is 16.7. The van der Waals surface area contributed by atoms with Gasteiger partial charge < -0.3 is 9.90 Å². The van der Waals surface area contributed by atoms with Gasteiger partial charge in [-0.05, 0) is 12.8 Å². The topological polar surface area (TPSA) is 52.5 Å². The number of rotatable bonds is 16. The average Bonchev–Trinajstić information content (AvgIpc) is 2.96. The van der Waals surface area contributed by atoms with Gasteiger partial charge in [0.15, 0.2) is 5.84 Å². The molecule has 0 aliphatic carbocycles. The van der Waals surface area contributed by atoms with E-state index in [1.165, 1.54) is 57.8 Å². The van der Waals surface area contributed by atoms with Crippen molar-refractivity contribution in [3.05, 3.63) is 0 Å². The molecule has 1 rings (SSSR count). The Morgan fingerprint density at radius 2 is 1.48 bits per heavy atom. The minimum Gasteiger partial charge on any atom is -0.544 e. The molecule has 0 aromatic rings. The first-order valence-electron chi connectivity index (χ1n) is 10.7. The van der Waals surface area contributed by atoms with Gasteiger partial charge in [0, 0.05) is 6.42 Å². The first-order chi connectivity index (χ1) is 12.1. The minimum absolute atomic E-state index is 0.108. The Hall–Kier alpha value is -0.900. The lowest BCUT2D eigenvalue weighted by atomic mass is 10.1. The molecule has 25 heavy (non-hydrogen) atoms. The number of carbonyl (C=O) groups excluding carboxylic acids is 1. The Morgan fingerprint density at radius 3 is 2.04 bits per heavy atom. The summed E-state index contributed by atoms with van der Waals surface area (Å²) in [7, 11) is 0. The van der Waals surface area contributed by atoms with Gasteiger partial charge in [-0.2, -0.15) is 0 Å². The summed E-state index contributed by atoms with van der Waals surface area (Å²) in [5, 5.41) is 11.2. The van der Waals surface area contributed by atoms with Crippen molar-refractivity contribution in [1.82, 2.24) is 0 Å². The molecule has 0 N–H and O–H groups in total. The monoisotopic (exact) mass is 352 g/mol. The van der Waals surface area contributed by atoms with E-state index in [0.29, 0.717) is 4.48 Å². The molecule has 0 radical (unpaired) electrons. The van der Waals surface area contributed by atoms with Gasteiger partial charge in [-0.1, -0.05) is 78.1 Å². The van der Waals surface area contributed by atoms with E-state index in [1.54, 1.807) is 0 Å². The Kier molecular flexibility index (Phi) is 11.8. The lowest BCUT2D eigenvalue weighted by molar-refractivity contribution is -0.831. The lowest BCUT2D eigenvalue weighted by Crippen LogP contribution is -2.56. The minimum atomic E-state index is -0.936. The number of carbonyl (C=O) groups is 1. The summed E-state index contributed by atoms with van der Waals surface area (Å²) in [6, 6.07) is 0. The second-order valence-electron chi connectivity index (χ2n) is 7.71. The maximum atomic E-state index is 11.2. The zero-order chi connectivity index (χ0) is 18.4. The number of amidine groups is 1. The third-order valence-electron chi connectivity index (χ3n) is 5.50. The second kappa shape index (κ2) is 13.3. The second-order valence-corrected chi connectivity index (χ2v) is 7.71. The highest BCUT2D eigenvalue weighted by atomic mass is 16.4. The molecule has 0 saturated carbocycles. The van der Waals surface area contributed by atoms with Crippen LogP contribution in [0.1, 0.15) is 97.3 Å². The maximum Gasteiger partial charge on any atom is 0.198 e. The van der Waals surface area contributed by atoms with E-state index in [1.807, 2.05) is 0 Å². The van der Waals surface area contributed by atoms with Crippen molar-refractivity contribution in [2.75, 3.05) is 26.2 Å². The number of aliphatic imine (C=N–C) groups is 1. The van der Waals surface area contributed by atoms with Crippen LogP contribution in [0.5, 0.6) is 0 Å². The quantitative estimate of drug-likeness (QED) is 0.310. The molecule has 1 aliphatic heterocycles. The zero-order valence-corrected chi connectivity index (χ0v) is 16.7. The summed E-state index contributed by atoms with van der Waals surface area (Å²) in [6.07, 6.45) is 16.4. The van der Waals surface area contributed by atoms with Crippen molar-refractivity contribution in [3.8, 4) is 0 Å². The summed E-state index contributed by atoms with van der Waals surface area (Å²) < 4.78 is 0.563. The number of unbranched alkanes of at least 4 members (excludes halogenated alkanes) is 10. The summed E-state index contributed by atoms with van der Waals surface area (Å²) in [5.74, 6) is 0.186. The standard InChI is InChI=1S/C21H40N2O2/c1-3-5-7-8-9-10-11-12-13-14-15-20-22-16-18-23(20,17-6-4-2)19-21(24)25/h3-19H2,1-2H3. The number of hydrogen-bond donors (Lipinski definition) is 0. The van der Waals surface area contributed by atoms with Crippen molar-refractivity contribution in [1.29, 1.82) is 0 Å². The fourth-order valence-corrected chi connectivity index (χ4v) is 3.93. The Labute approximate surface area is 155 Å². The van der Waals surface area contributed by atoms with Crippen molar-refractivity contribution in [3.63, 3.8) is 0 Å². The molecule has 1 unspecified atom stereocenters. The third kappa shape index (κ3) is 8.84. The number of carboxylic acids is 1. The van der Waals surface area contributed by atoms with E-state index in [9.17, 15) is 9.90 Å². The molecule has 1 atom stereocenters. The fraction of sp³-hybridized carbons (Fsp3) is 0.905. The number of carboxylic acid groups (broad SMARTS) is 1. The van der Waals surface area contributed by atoms with E-state index >= 15 is 0 Å². The SMILES string of the molecule is CCCCCCCCCCCCC1=NCC[N+]1(CCCC)CC(=O)[O-]. The number of nitrogens with zero attached hydrogens (tertiary/aromatic N) is 2. The highest BCUT2D eigenvalue weighted by Crippen LogP contribution is 2.21. The largest absolute Gasteiger partial charge is 0.544 e. The van der Waals surface area contributed by atoms with Gasteiger partial charge >= 0.3 is 0 Å². The molecule has 0 aromatic carbocycles. The van der Waals surface area contributed by atoms with E-state index in [-0.39, 0.29) is 6.54 Å². The fourth-order valence-electron chi connectivity index (χ4n) is 3.93. The van der Waals surface area contributed by atoms with Crippen LogP contribution in [-0.4, -0.2) is 42.5 Å². The van der Waals surface area contributed by atoms with Crippen LogP contribution in [0.4, 0.5) is 0 Å². The summed E-state index contributed by atoms with van der Waals surface area (Å²) >= 11 is 0. The van der Waals surface area contributed by atoms with Crippen LogP contribution >= 0.6 is 0 Å². The van der Waals surface area contributed by atoms with Gasteiger partial charge in [-0.25, -0.2) is 4.99 Å². The smallest absolute Gasteiger partial charge is 0.198 e. The number of hydrogen-bond acceptors (Lipinski definition) is 3. The predicted molar refractivity (Wildman–Crippen MR) is 104 cm³/mol. The van der Waals surface area contributed by atoms with E-state index < -0.39 is 5.97 Å². The molecular formula is C21H40N2O2. The molecule has 4 nitrogen and oxygen atoms in total. The van der Waals surface area contributed by atoms with Gasteiger partial charge in [0.25, 0.3) is 0 Å². The highest BCUT2D eigenvalue weighted by molar-refractivity contribution is 5.79. The number of quaternary nitrogens is 1. The van der Waals surface area contributed by atoms with Crippen molar-refractivity contribution < 1.29 is 14.4 Å². The van der Waals surface area contributed by atoms with Gasteiger partial charge in [0.2, 0.25) is 0 Å². The molecule has 0 spiro atoms. The molecule has 0 amide bonds. The van der Waals surface area contributed by atoms with Crippen LogP contribution in [0.15, 0.2) is 4.99 Å². The van der Waals surface area contributed by atoms with E-state index in [2.05, 4.69) is 18.8 Å². The number of aliphatic carboxylic acids is 1. The predicted octanol–water partition coefficient (Wildman–Crippen LogP) is 4.08. The Bertz CT molecular complexity index is 395. The molecule has 1 aliphatic rings. The molecule has 4 heteroatoms. The van der Waals surface area contributed by atoms with Crippen LogP contribution in [0.3, 0.4) is 0 Å². The molecular weight excluding hydrogens is 312 g/mol.